The molecule has 1 aromatic carbocycles. The number of rotatable bonds is 5. The number of methoxy groups -OCH3 is 1. The van der Waals surface area contributed by atoms with E-state index in [4.69, 9.17) is 4.74 Å². The van der Waals surface area contributed by atoms with Crippen LogP contribution in [0.1, 0.15) is 29.9 Å². The zero-order valence-corrected chi connectivity index (χ0v) is 12.0. The van der Waals surface area contributed by atoms with Crippen molar-refractivity contribution in [2.45, 2.75) is 26.4 Å². The number of nitrogens with zero attached hydrogens (tertiary/aromatic N) is 2. The summed E-state index contributed by atoms with van der Waals surface area (Å²) in [6.45, 7) is 4.98. The lowest BCUT2D eigenvalue weighted by atomic mass is 10.0. The number of nitrogens with one attached hydrogen (secondary N) is 1. The maximum absolute atomic E-state index is 5.46. The summed E-state index contributed by atoms with van der Waals surface area (Å²) in [4.78, 5) is 0. The molecule has 0 spiro atoms. The van der Waals surface area contributed by atoms with Crippen LogP contribution in [0.15, 0.2) is 30.3 Å². The molecule has 1 heterocycles. The molecule has 1 aromatic heterocycles. The Kier molecular flexibility index (Phi) is 4.22. The van der Waals surface area contributed by atoms with Crippen molar-refractivity contribution < 1.29 is 4.74 Å². The van der Waals surface area contributed by atoms with Crippen LogP contribution in [0, 0.1) is 6.92 Å². The first-order valence-corrected chi connectivity index (χ1v) is 6.55. The molecule has 2 rings (SSSR count). The second kappa shape index (κ2) is 5.89. The zero-order chi connectivity index (χ0) is 13.8. The van der Waals surface area contributed by atoms with E-state index in [0.717, 1.165) is 29.2 Å². The molecule has 102 valence electrons. The van der Waals surface area contributed by atoms with Gasteiger partial charge in [-0.05, 0) is 33.0 Å². The van der Waals surface area contributed by atoms with E-state index in [1.54, 1.807) is 7.11 Å². The van der Waals surface area contributed by atoms with Gasteiger partial charge in [-0.15, -0.1) is 0 Å². The highest BCUT2D eigenvalue weighted by Gasteiger charge is 2.20. The van der Waals surface area contributed by atoms with Crippen molar-refractivity contribution in [3.63, 3.8) is 0 Å². The minimum absolute atomic E-state index is 0.0808. The Morgan fingerprint density at radius 1 is 1.37 bits per heavy atom. The van der Waals surface area contributed by atoms with Crippen molar-refractivity contribution in [1.29, 1.82) is 0 Å². The molecule has 0 saturated heterocycles. The van der Waals surface area contributed by atoms with Crippen LogP contribution in [0.5, 0.6) is 5.75 Å². The Balaban J connectivity index is 2.49. The van der Waals surface area contributed by atoms with Crippen LogP contribution < -0.4 is 10.1 Å². The maximum Gasteiger partial charge on any atom is 0.124 e. The number of ether oxygens (including phenoxy) is 1. The first kappa shape index (κ1) is 13.6. The summed E-state index contributed by atoms with van der Waals surface area (Å²) in [7, 11) is 3.66. The molecule has 2 aromatic rings. The largest absolute Gasteiger partial charge is 0.496 e. The van der Waals surface area contributed by atoms with Gasteiger partial charge in [0.05, 0.1) is 24.5 Å². The van der Waals surface area contributed by atoms with Crippen LogP contribution in [0.2, 0.25) is 0 Å². The van der Waals surface area contributed by atoms with Crippen LogP contribution in [0.25, 0.3) is 0 Å². The predicted octanol–water partition coefficient (Wildman–Crippen LogP) is 2.53. The van der Waals surface area contributed by atoms with E-state index < -0.39 is 0 Å². The summed E-state index contributed by atoms with van der Waals surface area (Å²) in [5.74, 6) is 0.892. The highest BCUT2D eigenvalue weighted by Crippen LogP contribution is 2.29. The predicted molar refractivity (Wildman–Crippen MR) is 76.5 cm³/mol. The number of aryl methyl sites for hydroxylation is 2. The molecule has 0 amide bonds. The lowest BCUT2D eigenvalue weighted by Gasteiger charge is -2.20. The van der Waals surface area contributed by atoms with Gasteiger partial charge in [0.1, 0.15) is 5.75 Å². The third-order valence-corrected chi connectivity index (χ3v) is 3.27. The van der Waals surface area contributed by atoms with Gasteiger partial charge in [0.2, 0.25) is 0 Å². The molecule has 0 aliphatic carbocycles. The van der Waals surface area contributed by atoms with E-state index in [1.165, 1.54) is 0 Å². The average molecular weight is 259 g/mol. The third kappa shape index (κ3) is 2.63. The summed E-state index contributed by atoms with van der Waals surface area (Å²) in [5.41, 5.74) is 3.32. The van der Waals surface area contributed by atoms with Gasteiger partial charge in [-0.25, -0.2) is 0 Å². The second-order valence-electron chi connectivity index (χ2n) is 4.49. The Labute approximate surface area is 114 Å². The van der Waals surface area contributed by atoms with E-state index in [0.29, 0.717) is 0 Å². The van der Waals surface area contributed by atoms with Crippen molar-refractivity contribution in [2.75, 3.05) is 14.2 Å². The maximum atomic E-state index is 5.46. The fourth-order valence-electron chi connectivity index (χ4n) is 2.42. The molecule has 0 radical (unpaired) electrons. The summed E-state index contributed by atoms with van der Waals surface area (Å²) in [5, 5.41) is 7.87. The normalized spacial score (nSPS) is 12.4. The van der Waals surface area contributed by atoms with Gasteiger partial charge in [0.25, 0.3) is 0 Å². The van der Waals surface area contributed by atoms with E-state index in [1.807, 2.05) is 36.9 Å². The standard InChI is InChI=1S/C15H21N3O/c1-5-18-13(10-11(2)17-18)15(16-3)12-8-6-7-9-14(12)19-4/h6-10,15-16H,5H2,1-4H3. The van der Waals surface area contributed by atoms with Crippen molar-refractivity contribution in [2.24, 2.45) is 0 Å². The first-order chi connectivity index (χ1) is 9.21. The van der Waals surface area contributed by atoms with Crippen LogP contribution >= 0.6 is 0 Å². The van der Waals surface area contributed by atoms with Crippen LogP contribution in [-0.4, -0.2) is 23.9 Å². The number of aromatic nitrogens is 2. The summed E-state index contributed by atoms with van der Waals surface area (Å²) >= 11 is 0. The molecular weight excluding hydrogens is 238 g/mol. The monoisotopic (exact) mass is 259 g/mol. The van der Waals surface area contributed by atoms with Gasteiger partial charge in [-0.3, -0.25) is 4.68 Å². The van der Waals surface area contributed by atoms with Crippen molar-refractivity contribution in [1.82, 2.24) is 15.1 Å². The molecule has 4 nitrogen and oxygen atoms in total. The zero-order valence-electron chi connectivity index (χ0n) is 12.0. The molecule has 0 bridgehead atoms. The van der Waals surface area contributed by atoms with Gasteiger partial charge in [0.15, 0.2) is 0 Å². The van der Waals surface area contributed by atoms with Gasteiger partial charge >= 0.3 is 0 Å². The summed E-state index contributed by atoms with van der Waals surface area (Å²) in [6.07, 6.45) is 0. The average Bonchev–Trinajstić information content (AvgIpc) is 2.81. The Bertz CT molecular complexity index is 548. The van der Waals surface area contributed by atoms with Gasteiger partial charge in [0, 0.05) is 12.1 Å². The van der Waals surface area contributed by atoms with E-state index >= 15 is 0 Å². The number of hydrogen-bond donors (Lipinski definition) is 1. The lowest BCUT2D eigenvalue weighted by molar-refractivity contribution is 0.403. The molecule has 0 fully saturated rings. The summed E-state index contributed by atoms with van der Waals surface area (Å²) < 4.78 is 7.49. The molecule has 4 heteroatoms. The highest BCUT2D eigenvalue weighted by molar-refractivity contribution is 5.40. The van der Waals surface area contributed by atoms with E-state index in [9.17, 15) is 0 Å². The van der Waals surface area contributed by atoms with Gasteiger partial charge < -0.3 is 10.1 Å². The molecule has 1 unspecified atom stereocenters. The van der Waals surface area contributed by atoms with Gasteiger partial charge in [-0.2, -0.15) is 5.10 Å². The topological polar surface area (TPSA) is 39.1 Å². The number of hydrogen-bond acceptors (Lipinski definition) is 3. The molecule has 19 heavy (non-hydrogen) atoms. The first-order valence-electron chi connectivity index (χ1n) is 6.55. The molecule has 1 atom stereocenters. The van der Waals surface area contributed by atoms with Crippen molar-refractivity contribution in [3.8, 4) is 5.75 Å². The fraction of sp³-hybridized carbons (Fsp3) is 0.400. The Morgan fingerprint density at radius 2 is 2.11 bits per heavy atom. The van der Waals surface area contributed by atoms with Crippen LogP contribution in [0.4, 0.5) is 0 Å². The quantitative estimate of drug-likeness (QED) is 0.897. The smallest absolute Gasteiger partial charge is 0.124 e. The Morgan fingerprint density at radius 3 is 2.74 bits per heavy atom. The van der Waals surface area contributed by atoms with E-state index in [-0.39, 0.29) is 6.04 Å². The van der Waals surface area contributed by atoms with Crippen LogP contribution in [0.3, 0.4) is 0 Å². The SMILES string of the molecule is CCn1nc(C)cc1C(NC)c1ccccc1OC. The minimum Gasteiger partial charge on any atom is -0.496 e. The highest BCUT2D eigenvalue weighted by atomic mass is 16.5. The second-order valence-corrected chi connectivity index (χ2v) is 4.49. The molecule has 0 saturated carbocycles. The summed E-state index contributed by atoms with van der Waals surface area (Å²) in [6, 6.07) is 10.3. The number of para-hydroxylation sites is 1. The van der Waals surface area contributed by atoms with Crippen LogP contribution in [-0.2, 0) is 6.54 Å². The number of benzene rings is 1. The minimum atomic E-state index is 0.0808. The third-order valence-electron chi connectivity index (χ3n) is 3.27. The van der Waals surface area contributed by atoms with Crippen molar-refractivity contribution >= 4 is 0 Å². The molecule has 1 N–H and O–H groups in total. The molecular formula is C15H21N3O. The molecule has 0 aliphatic rings. The lowest BCUT2D eigenvalue weighted by Crippen LogP contribution is -2.22. The Hall–Kier alpha value is -1.81. The van der Waals surface area contributed by atoms with Crippen molar-refractivity contribution in [3.05, 3.63) is 47.3 Å². The van der Waals surface area contributed by atoms with E-state index in [2.05, 4.69) is 29.5 Å². The van der Waals surface area contributed by atoms with Gasteiger partial charge in [-0.1, -0.05) is 18.2 Å². The fourth-order valence-corrected chi connectivity index (χ4v) is 2.42. The molecule has 0 aliphatic heterocycles.